The molecule has 3 atom stereocenters. The van der Waals surface area contributed by atoms with Crippen molar-refractivity contribution in [2.75, 3.05) is 0 Å². The van der Waals surface area contributed by atoms with Crippen molar-refractivity contribution in [1.82, 2.24) is 0 Å². The Hall–Kier alpha value is -0.830. The van der Waals surface area contributed by atoms with E-state index in [9.17, 15) is 4.79 Å². The molecule has 2 aliphatic carbocycles. The largest absolute Gasteiger partial charge is 0.481 e. The van der Waals surface area contributed by atoms with E-state index in [4.69, 9.17) is 5.11 Å². The summed E-state index contributed by atoms with van der Waals surface area (Å²) in [6, 6.07) is 6.08. The van der Waals surface area contributed by atoms with Crippen LogP contribution in [0.15, 0.2) is 22.7 Å². The van der Waals surface area contributed by atoms with Crippen molar-refractivity contribution >= 4 is 21.9 Å². The van der Waals surface area contributed by atoms with Crippen LogP contribution in [0.5, 0.6) is 0 Å². The van der Waals surface area contributed by atoms with Gasteiger partial charge in [-0.2, -0.15) is 0 Å². The molecule has 3 heteroatoms. The monoisotopic (exact) mass is 252 g/mol. The first-order valence-corrected chi connectivity index (χ1v) is 5.49. The van der Waals surface area contributed by atoms with Crippen molar-refractivity contribution in [2.45, 2.75) is 12.3 Å². The third-order valence-electron chi connectivity index (χ3n) is 3.41. The van der Waals surface area contributed by atoms with Gasteiger partial charge in [-0.05, 0) is 29.5 Å². The van der Waals surface area contributed by atoms with Crippen LogP contribution in [-0.2, 0) is 11.2 Å². The van der Waals surface area contributed by atoms with Gasteiger partial charge in [0, 0.05) is 10.4 Å². The number of benzene rings is 1. The third kappa shape index (κ3) is 0.934. The topological polar surface area (TPSA) is 37.3 Å². The first-order chi connectivity index (χ1) is 6.70. The summed E-state index contributed by atoms with van der Waals surface area (Å²) in [7, 11) is 0. The number of hydrogen-bond acceptors (Lipinski definition) is 1. The van der Waals surface area contributed by atoms with E-state index in [1.54, 1.807) is 0 Å². The fourth-order valence-electron chi connectivity index (χ4n) is 2.73. The first kappa shape index (κ1) is 8.48. The molecule has 0 amide bonds. The Morgan fingerprint density at radius 1 is 1.50 bits per heavy atom. The third-order valence-corrected chi connectivity index (χ3v) is 4.15. The van der Waals surface area contributed by atoms with Gasteiger partial charge in [0.1, 0.15) is 0 Å². The second-order valence-electron chi connectivity index (χ2n) is 4.07. The van der Waals surface area contributed by atoms with Gasteiger partial charge >= 0.3 is 5.97 Å². The summed E-state index contributed by atoms with van der Waals surface area (Å²) in [6.45, 7) is 0. The van der Waals surface area contributed by atoms with E-state index in [-0.39, 0.29) is 5.92 Å². The van der Waals surface area contributed by atoms with Crippen LogP contribution in [0.2, 0.25) is 0 Å². The second kappa shape index (κ2) is 2.60. The molecule has 0 bridgehead atoms. The van der Waals surface area contributed by atoms with Crippen LogP contribution in [-0.4, -0.2) is 11.1 Å². The predicted octanol–water partition coefficient (Wildman–Crippen LogP) is 2.42. The van der Waals surface area contributed by atoms with Gasteiger partial charge in [-0.3, -0.25) is 4.79 Å². The number of fused-ring (bicyclic) bond motifs is 3. The highest BCUT2D eigenvalue weighted by Crippen LogP contribution is 2.62. The lowest BCUT2D eigenvalue weighted by Gasteiger charge is -2.06. The molecule has 0 saturated heterocycles. The van der Waals surface area contributed by atoms with Crippen molar-refractivity contribution in [3.63, 3.8) is 0 Å². The molecule has 2 aliphatic rings. The average molecular weight is 253 g/mol. The summed E-state index contributed by atoms with van der Waals surface area (Å²) in [5, 5.41) is 8.94. The lowest BCUT2D eigenvalue weighted by Crippen LogP contribution is -2.05. The van der Waals surface area contributed by atoms with Gasteiger partial charge in [0.2, 0.25) is 0 Å². The summed E-state index contributed by atoms with van der Waals surface area (Å²) in [5.74, 6) is -0.0939. The molecule has 0 unspecified atom stereocenters. The average Bonchev–Trinajstić information content (AvgIpc) is 2.73. The molecule has 0 spiro atoms. The Kier molecular flexibility index (Phi) is 1.57. The van der Waals surface area contributed by atoms with Crippen LogP contribution < -0.4 is 0 Å². The van der Waals surface area contributed by atoms with E-state index in [2.05, 4.69) is 22.0 Å². The molecule has 0 heterocycles. The molecule has 1 aromatic rings. The molecule has 0 aliphatic heterocycles. The molecule has 14 heavy (non-hydrogen) atoms. The van der Waals surface area contributed by atoms with Crippen LogP contribution in [0.4, 0.5) is 0 Å². The molecular formula is C11H9BrO2. The van der Waals surface area contributed by atoms with Gasteiger partial charge in [0.25, 0.3) is 0 Å². The fraction of sp³-hybridized carbons (Fsp3) is 0.364. The van der Waals surface area contributed by atoms with Gasteiger partial charge in [-0.1, -0.05) is 28.1 Å². The highest BCUT2D eigenvalue weighted by molar-refractivity contribution is 9.10. The Bertz CT molecular complexity index is 427. The zero-order chi connectivity index (χ0) is 9.87. The maximum Gasteiger partial charge on any atom is 0.307 e. The van der Waals surface area contributed by atoms with Gasteiger partial charge in [0.15, 0.2) is 0 Å². The van der Waals surface area contributed by atoms with E-state index in [1.165, 1.54) is 11.1 Å². The normalized spacial score (nSPS) is 32.2. The minimum absolute atomic E-state index is 0.114. The lowest BCUT2D eigenvalue weighted by atomic mass is 10.0. The first-order valence-electron chi connectivity index (χ1n) is 4.70. The van der Waals surface area contributed by atoms with Crippen molar-refractivity contribution in [1.29, 1.82) is 0 Å². The molecule has 0 aromatic heterocycles. The quantitative estimate of drug-likeness (QED) is 0.834. The molecular weight excluding hydrogens is 244 g/mol. The highest BCUT2D eigenvalue weighted by atomic mass is 79.9. The van der Waals surface area contributed by atoms with Crippen LogP contribution in [0, 0.1) is 11.8 Å². The smallest absolute Gasteiger partial charge is 0.307 e. The van der Waals surface area contributed by atoms with Gasteiger partial charge in [-0.15, -0.1) is 0 Å². The molecule has 1 N–H and O–H groups in total. The molecule has 1 saturated carbocycles. The summed E-state index contributed by atoms with van der Waals surface area (Å²) in [4.78, 5) is 10.9. The van der Waals surface area contributed by atoms with Crippen molar-refractivity contribution in [2.24, 2.45) is 11.8 Å². The molecule has 3 rings (SSSR count). The van der Waals surface area contributed by atoms with Gasteiger partial charge in [-0.25, -0.2) is 0 Å². The summed E-state index contributed by atoms with van der Waals surface area (Å²) in [6.07, 6.45) is 0.929. The Balaban J connectivity index is 2.03. The molecule has 72 valence electrons. The minimum atomic E-state index is -0.634. The number of halogens is 1. The lowest BCUT2D eigenvalue weighted by molar-refractivity contribution is -0.139. The maximum absolute atomic E-state index is 10.9. The Morgan fingerprint density at radius 3 is 3.00 bits per heavy atom. The molecule has 2 nitrogen and oxygen atoms in total. The summed E-state index contributed by atoms with van der Waals surface area (Å²) < 4.78 is 1.13. The highest BCUT2D eigenvalue weighted by Gasteiger charge is 2.59. The fourth-order valence-corrected chi connectivity index (χ4v) is 3.27. The standard InChI is InChI=1S/C11H9BrO2/c12-8-3-1-2-5-6(8)4-7-9(5)10(7)11(13)14/h1-3,7,9-10H,4H2,(H,13,14)/t7-,9+,10+/m0/s1. The number of carboxylic acid groups (broad SMARTS) is 1. The van der Waals surface area contributed by atoms with Crippen LogP contribution in [0.3, 0.4) is 0 Å². The Labute approximate surface area is 90.1 Å². The number of rotatable bonds is 1. The Morgan fingerprint density at radius 2 is 2.29 bits per heavy atom. The van der Waals surface area contributed by atoms with Gasteiger partial charge < -0.3 is 5.11 Å². The van der Waals surface area contributed by atoms with Gasteiger partial charge in [0.05, 0.1) is 5.92 Å². The van der Waals surface area contributed by atoms with Crippen LogP contribution >= 0.6 is 15.9 Å². The van der Waals surface area contributed by atoms with Crippen LogP contribution in [0.1, 0.15) is 17.0 Å². The zero-order valence-electron chi connectivity index (χ0n) is 7.40. The van der Waals surface area contributed by atoms with Crippen molar-refractivity contribution in [3.05, 3.63) is 33.8 Å². The summed E-state index contributed by atoms with van der Waals surface area (Å²) in [5.41, 5.74) is 2.57. The number of carbonyl (C=O) groups is 1. The van der Waals surface area contributed by atoms with E-state index >= 15 is 0 Å². The summed E-state index contributed by atoms with van der Waals surface area (Å²) >= 11 is 3.50. The number of hydrogen-bond donors (Lipinski definition) is 1. The van der Waals surface area contributed by atoms with E-state index in [1.807, 2.05) is 12.1 Å². The minimum Gasteiger partial charge on any atom is -0.481 e. The van der Waals surface area contributed by atoms with Crippen molar-refractivity contribution < 1.29 is 9.90 Å². The van der Waals surface area contributed by atoms with Crippen molar-refractivity contribution in [3.8, 4) is 0 Å². The van der Waals surface area contributed by atoms with E-state index in [0.717, 1.165) is 10.9 Å². The SMILES string of the molecule is O=C(O)[C@@H]1[C@H]2Cc3c(Br)cccc3[C@H]21. The molecule has 1 aromatic carbocycles. The van der Waals surface area contributed by atoms with E-state index in [0.29, 0.717) is 11.8 Å². The predicted molar refractivity (Wildman–Crippen MR) is 55.2 cm³/mol. The zero-order valence-corrected chi connectivity index (χ0v) is 8.99. The second-order valence-corrected chi connectivity index (χ2v) is 4.92. The van der Waals surface area contributed by atoms with Crippen LogP contribution in [0.25, 0.3) is 0 Å². The number of carboxylic acids is 1. The maximum atomic E-state index is 10.9. The van der Waals surface area contributed by atoms with E-state index < -0.39 is 5.97 Å². The number of aliphatic carboxylic acids is 1. The molecule has 1 fully saturated rings. The molecule has 0 radical (unpaired) electrons.